The molecular weight excluding hydrogens is 264 g/mol. The zero-order valence-electron chi connectivity index (χ0n) is 11.8. The van der Waals surface area contributed by atoms with Crippen molar-refractivity contribution in [2.24, 2.45) is 5.92 Å². The van der Waals surface area contributed by atoms with Gasteiger partial charge in [-0.05, 0) is 31.0 Å². The Balaban J connectivity index is 2.98. The van der Waals surface area contributed by atoms with Crippen LogP contribution in [0.2, 0.25) is 0 Å². The van der Waals surface area contributed by atoms with Gasteiger partial charge in [0, 0.05) is 6.04 Å². The Morgan fingerprint density at radius 2 is 2.00 bits per heavy atom. The number of methoxy groups -OCH3 is 1. The van der Waals surface area contributed by atoms with E-state index in [1.54, 1.807) is 6.07 Å². The zero-order chi connectivity index (χ0) is 14.6. The van der Waals surface area contributed by atoms with Crippen molar-refractivity contribution in [3.05, 3.63) is 18.2 Å². The fourth-order valence-electron chi connectivity index (χ4n) is 1.66. The molecule has 0 amide bonds. The van der Waals surface area contributed by atoms with Gasteiger partial charge in [0.15, 0.2) is 0 Å². The van der Waals surface area contributed by atoms with E-state index >= 15 is 0 Å². The van der Waals surface area contributed by atoms with Crippen LogP contribution in [0.1, 0.15) is 27.2 Å². The molecule has 2 unspecified atom stereocenters. The number of ether oxygens (including phenoxy) is 1. The lowest BCUT2D eigenvalue weighted by Gasteiger charge is -2.20. The van der Waals surface area contributed by atoms with Gasteiger partial charge in [0.25, 0.3) is 0 Å². The zero-order valence-corrected chi connectivity index (χ0v) is 12.6. The Hall–Kier alpha value is -1.27. The van der Waals surface area contributed by atoms with Gasteiger partial charge in [-0.2, -0.15) is 0 Å². The van der Waals surface area contributed by atoms with Crippen molar-refractivity contribution >= 4 is 15.7 Å². The molecule has 0 heterocycles. The van der Waals surface area contributed by atoms with E-state index in [2.05, 4.69) is 4.72 Å². The predicted molar refractivity (Wildman–Crippen MR) is 76.6 cm³/mol. The summed E-state index contributed by atoms with van der Waals surface area (Å²) in [6, 6.07) is 4.32. The summed E-state index contributed by atoms with van der Waals surface area (Å²) in [5.41, 5.74) is 6.04. The lowest BCUT2D eigenvalue weighted by Crippen LogP contribution is -2.36. The first-order valence-corrected chi connectivity index (χ1v) is 7.76. The summed E-state index contributed by atoms with van der Waals surface area (Å²) < 4.78 is 32.1. The molecule has 0 saturated heterocycles. The van der Waals surface area contributed by atoms with Crippen molar-refractivity contribution in [2.45, 2.75) is 38.1 Å². The highest BCUT2D eigenvalue weighted by Crippen LogP contribution is 2.24. The fraction of sp³-hybridized carbons (Fsp3) is 0.538. The molecule has 0 aliphatic heterocycles. The van der Waals surface area contributed by atoms with Crippen LogP contribution in [0.15, 0.2) is 23.1 Å². The summed E-state index contributed by atoms with van der Waals surface area (Å²) in [5.74, 6) is 0.735. The number of rotatable bonds is 6. The number of benzene rings is 1. The van der Waals surface area contributed by atoms with E-state index in [-0.39, 0.29) is 16.9 Å². The van der Waals surface area contributed by atoms with Gasteiger partial charge in [-0.3, -0.25) is 0 Å². The van der Waals surface area contributed by atoms with Crippen molar-refractivity contribution < 1.29 is 13.2 Å². The third-order valence-corrected chi connectivity index (χ3v) is 4.91. The van der Waals surface area contributed by atoms with Crippen molar-refractivity contribution in [1.29, 1.82) is 0 Å². The number of anilines is 1. The highest BCUT2D eigenvalue weighted by atomic mass is 32.2. The molecule has 0 spiro atoms. The first-order chi connectivity index (χ1) is 8.81. The maximum Gasteiger partial charge on any atom is 0.240 e. The molecule has 2 atom stereocenters. The SMILES string of the molecule is CCC(C)C(C)NS(=O)(=O)c1ccc(OC)c(N)c1. The molecule has 1 rings (SSSR count). The van der Waals surface area contributed by atoms with E-state index < -0.39 is 10.0 Å². The van der Waals surface area contributed by atoms with Crippen molar-refractivity contribution in [3.63, 3.8) is 0 Å². The number of nitrogens with two attached hydrogens (primary N) is 1. The predicted octanol–water partition coefficient (Wildman–Crippen LogP) is 1.99. The van der Waals surface area contributed by atoms with E-state index in [0.717, 1.165) is 6.42 Å². The van der Waals surface area contributed by atoms with E-state index in [1.807, 2.05) is 20.8 Å². The third-order valence-electron chi connectivity index (χ3n) is 3.35. The summed E-state index contributed by atoms with van der Waals surface area (Å²) in [6.07, 6.45) is 0.911. The minimum absolute atomic E-state index is 0.127. The maximum atomic E-state index is 12.2. The Labute approximate surface area is 115 Å². The van der Waals surface area contributed by atoms with Crippen LogP contribution in [0, 0.1) is 5.92 Å². The summed E-state index contributed by atoms with van der Waals surface area (Å²) in [7, 11) is -2.06. The van der Waals surface area contributed by atoms with Crippen LogP contribution < -0.4 is 15.2 Å². The highest BCUT2D eigenvalue weighted by Gasteiger charge is 2.21. The average Bonchev–Trinajstić information content (AvgIpc) is 2.37. The minimum atomic E-state index is -3.55. The smallest absolute Gasteiger partial charge is 0.240 e. The van der Waals surface area contributed by atoms with E-state index in [1.165, 1.54) is 19.2 Å². The quantitative estimate of drug-likeness (QED) is 0.784. The largest absolute Gasteiger partial charge is 0.495 e. The molecule has 0 aromatic heterocycles. The van der Waals surface area contributed by atoms with Crippen LogP contribution in [0.4, 0.5) is 5.69 Å². The molecule has 1 aromatic rings. The molecule has 0 aliphatic carbocycles. The summed E-state index contributed by atoms with van der Waals surface area (Å²) in [6.45, 7) is 5.90. The van der Waals surface area contributed by atoms with Gasteiger partial charge in [-0.25, -0.2) is 13.1 Å². The first kappa shape index (κ1) is 15.8. The topological polar surface area (TPSA) is 81.4 Å². The standard InChI is InChI=1S/C13H22N2O3S/c1-5-9(2)10(3)15-19(16,17)11-6-7-13(18-4)12(14)8-11/h6-10,15H,5,14H2,1-4H3. The van der Waals surface area contributed by atoms with Gasteiger partial charge < -0.3 is 10.5 Å². The number of nitrogen functional groups attached to an aromatic ring is 1. The summed E-state index contributed by atoms with van der Waals surface area (Å²) in [4.78, 5) is 0.154. The molecule has 1 aromatic carbocycles. The number of nitrogens with one attached hydrogen (secondary N) is 1. The fourth-order valence-corrected chi connectivity index (χ4v) is 3.05. The van der Waals surface area contributed by atoms with Gasteiger partial charge in [-0.15, -0.1) is 0 Å². The van der Waals surface area contributed by atoms with Gasteiger partial charge >= 0.3 is 0 Å². The Bertz CT molecular complexity index is 529. The highest BCUT2D eigenvalue weighted by molar-refractivity contribution is 7.89. The average molecular weight is 286 g/mol. The van der Waals surface area contributed by atoms with E-state index in [4.69, 9.17) is 10.5 Å². The molecule has 19 heavy (non-hydrogen) atoms. The molecule has 0 aliphatic rings. The molecule has 0 radical (unpaired) electrons. The summed E-state index contributed by atoms with van der Waals surface area (Å²) in [5, 5.41) is 0. The second-order valence-corrected chi connectivity index (χ2v) is 6.41. The molecular formula is C13H22N2O3S. The molecule has 0 saturated carbocycles. The normalized spacial score (nSPS) is 14.9. The Morgan fingerprint density at radius 3 is 2.47 bits per heavy atom. The second kappa shape index (κ2) is 6.25. The molecule has 0 bridgehead atoms. The second-order valence-electron chi connectivity index (χ2n) is 4.70. The molecule has 0 fully saturated rings. The molecule has 5 nitrogen and oxygen atoms in total. The lowest BCUT2D eigenvalue weighted by molar-refractivity contribution is 0.416. The van der Waals surface area contributed by atoms with Crippen molar-refractivity contribution in [1.82, 2.24) is 4.72 Å². The lowest BCUT2D eigenvalue weighted by atomic mass is 10.0. The Morgan fingerprint density at radius 1 is 1.37 bits per heavy atom. The van der Waals surface area contributed by atoms with Crippen LogP contribution in [0.3, 0.4) is 0 Å². The van der Waals surface area contributed by atoms with Crippen LogP contribution in [0.5, 0.6) is 5.75 Å². The monoisotopic (exact) mass is 286 g/mol. The van der Waals surface area contributed by atoms with E-state index in [9.17, 15) is 8.42 Å². The Kier molecular flexibility index (Phi) is 5.20. The number of hydrogen-bond acceptors (Lipinski definition) is 4. The number of sulfonamides is 1. The van der Waals surface area contributed by atoms with Crippen molar-refractivity contribution in [3.8, 4) is 5.75 Å². The minimum Gasteiger partial charge on any atom is -0.495 e. The molecule has 6 heteroatoms. The van der Waals surface area contributed by atoms with Crippen LogP contribution in [-0.2, 0) is 10.0 Å². The molecule has 3 N–H and O–H groups in total. The van der Waals surface area contributed by atoms with Crippen LogP contribution in [0.25, 0.3) is 0 Å². The summed E-state index contributed by atoms with van der Waals surface area (Å²) >= 11 is 0. The van der Waals surface area contributed by atoms with Gasteiger partial charge in [0.05, 0.1) is 17.7 Å². The first-order valence-electron chi connectivity index (χ1n) is 6.27. The van der Waals surface area contributed by atoms with Crippen LogP contribution in [-0.4, -0.2) is 21.6 Å². The van der Waals surface area contributed by atoms with Crippen LogP contribution >= 0.6 is 0 Å². The van der Waals surface area contributed by atoms with Gasteiger partial charge in [0.1, 0.15) is 5.75 Å². The number of hydrogen-bond donors (Lipinski definition) is 2. The van der Waals surface area contributed by atoms with Crippen molar-refractivity contribution in [2.75, 3.05) is 12.8 Å². The van der Waals surface area contributed by atoms with E-state index in [0.29, 0.717) is 11.4 Å². The van der Waals surface area contributed by atoms with Gasteiger partial charge in [0.2, 0.25) is 10.0 Å². The molecule has 108 valence electrons. The van der Waals surface area contributed by atoms with Gasteiger partial charge in [-0.1, -0.05) is 20.3 Å². The third kappa shape index (κ3) is 3.84. The maximum absolute atomic E-state index is 12.2.